The molecule has 2 aliphatic rings. The van der Waals surface area contributed by atoms with Gasteiger partial charge in [0.15, 0.2) is 0 Å². The molecule has 2 fully saturated rings. The molecule has 2 saturated heterocycles. The molecule has 0 bridgehead atoms. The van der Waals surface area contributed by atoms with Crippen LogP contribution >= 0.6 is 0 Å². The number of esters is 2. The van der Waals surface area contributed by atoms with Gasteiger partial charge in [-0.25, -0.2) is 0 Å². The third-order valence-corrected chi connectivity index (χ3v) is 6.31. The van der Waals surface area contributed by atoms with Crippen LogP contribution in [0.25, 0.3) is 0 Å². The summed E-state index contributed by atoms with van der Waals surface area (Å²) in [4.78, 5) is 31.2. The van der Waals surface area contributed by atoms with Gasteiger partial charge in [-0.1, -0.05) is 0 Å². The molecule has 8 nitrogen and oxygen atoms in total. The molecule has 0 N–H and O–H groups in total. The highest BCUT2D eigenvalue weighted by Crippen LogP contribution is 2.28. The van der Waals surface area contributed by atoms with Gasteiger partial charge < -0.3 is 14.4 Å². The molecular weight excluding hydrogens is 408 g/mol. The van der Waals surface area contributed by atoms with E-state index < -0.39 is 0 Å². The molecule has 0 aliphatic carbocycles. The van der Waals surface area contributed by atoms with E-state index >= 15 is 0 Å². The van der Waals surface area contributed by atoms with Crippen molar-refractivity contribution in [3.63, 3.8) is 0 Å². The van der Waals surface area contributed by atoms with Crippen molar-refractivity contribution >= 4 is 17.6 Å². The second kappa shape index (κ2) is 11.8. The lowest BCUT2D eigenvalue weighted by Gasteiger charge is -2.46. The maximum atomic E-state index is 12.3. The number of anilines is 1. The van der Waals surface area contributed by atoms with Crippen LogP contribution in [-0.4, -0.2) is 86.8 Å². The summed E-state index contributed by atoms with van der Waals surface area (Å²) in [6.45, 7) is 9.82. The Labute approximate surface area is 190 Å². The number of hydrogen-bond donors (Lipinski definition) is 0. The Morgan fingerprint density at radius 3 is 2.28 bits per heavy atom. The summed E-state index contributed by atoms with van der Waals surface area (Å²) in [6, 6.07) is 10.2. The van der Waals surface area contributed by atoms with Crippen LogP contribution in [0.5, 0.6) is 0 Å². The van der Waals surface area contributed by atoms with Crippen LogP contribution in [0.4, 0.5) is 5.69 Å². The molecule has 0 amide bonds. The normalized spacial score (nSPS) is 22.2. The molecule has 2 heterocycles. The number of piperazine rings is 1. The van der Waals surface area contributed by atoms with Gasteiger partial charge in [0.2, 0.25) is 0 Å². The lowest BCUT2D eigenvalue weighted by atomic mass is 9.87. The van der Waals surface area contributed by atoms with Crippen molar-refractivity contribution in [3.05, 3.63) is 29.8 Å². The molecule has 32 heavy (non-hydrogen) atoms. The number of benzene rings is 1. The molecule has 8 heteroatoms. The molecule has 3 rings (SSSR count). The number of carbonyl (C=O) groups excluding carboxylic acids is 2. The lowest BCUT2D eigenvalue weighted by Crippen LogP contribution is -2.57. The van der Waals surface area contributed by atoms with E-state index in [9.17, 15) is 9.59 Å². The monoisotopic (exact) mass is 442 g/mol. The van der Waals surface area contributed by atoms with Crippen LogP contribution in [0.15, 0.2) is 24.3 Å². The fraction of sp³-hybridized carbons (Fsp3) is 0.625. The van der Waals surface area contributed by atoms with Crippen molar-refractivity contribution in [2.24, 2.45) is 5.92 Å². The van der Waals surface area contributed by atoms with Crippen molar-refractivity contribution in [1.82, 2.24) is 9.80 Å². The predicted molar refractivity (Wildman–Crippen MR) is 121 cm³/mol. The van der Waals surface area contributed by atoms with Crippen LogP contribution < -0.4 is 4.90 Å². The molecule has 1 aromatic rings. The topological polar surface area (TPSA) is 86.1 Å². The first kappa shape index (κ1) is 24.0. The number of hydrogen-bond acceptors (Lipinski definition) is 8. The van der Waals surface area contributed by atoms with Crippen molar-refractivity contribution in [2.75, 3.05) is 63.9 Å². The first-order valence-electron chi connectivity index (χ1n) is 11.6. The molecule has 1 aromatic carbocycles. The second-order valence-corrected chi connectivity index (χ2v) is 8.35. The molecular formula is C24H34N4O4. The largest absolute Gasteiger partial charge is 0.466 e. The first-order valence-corrected chi connectivity index (χ1v) is 11.6. The maximum Gasteiger partial charge on any atom is 0.320 e. The van der Waals surface area contributed by atoms with E-state index in [-0.39, 0.29) is 24.4 Å². The molecule has 0 unspecified atom stereocenters. The van der Waals surface area contributed by atoms with Gasteiger partial charge in [0.1, 0.15) is 0 Å². The number of nitrogens with zero attached hydrogens (tertiary/aromatic N) is 4. The van der Waals surface area contributed by atoms with Gasteiger partial charge in [0.05, 0.1) is 37.8 Å². The third-order valence-electron chi connectivity index (χ3n) is 6.31. The van der Waals surface area contributed by atoms with Gasteiger partial charge in [-0.15, -0.1) is 0 Å². The average Bonchev–Trinajstić information content (AvgIpc) is 2.80. The van der Waals surface area contributed by atoms with E-state index in [4.69, 9.17) is 14.7 Å². The van der Waals surface area contributed by atoms with Crippen molar-refractivity contribution in [3.8, 4) is 6.07 Å². The highest BCUT2D eigenvalue weighted by atomic mass is 16.5. The zero-order valence-electron chi connectivity index (χ0n) is 19.2. The Bertz CT molecular complexity index is 799. The summed E-state index contributed by atoms with van der Waals surface area (Å²) in [5, 5.41) is 9.00. The van der Waals surface area contributed by atoms with Gasteiger partial charge in [-0.2, -0.15) is 5.26 Å². The summed E-state index contributed by atoms with van der Waals surface area (Å²) in [6.07, 6.45) is 1.29. The number of nitriles is 1. The Morgan fingerprint density at radius 1 is 1.00 bits per heavy atom. The molecule has 2 atom stereocenters. The summed E-state index contributed by atoms with van der Waals surface area (Å²) < 4.78 is 10.3. The van der Waals surface area contributed by atoms with E-state index in [1.165, 1.54) is 0 Å². The van der Waals surface area contributed by atoms with Crippen LogP contribution in [-0.2, 0) is 19.1 Å². The predicted octanol–water partition coefficient (Wildman–Crippen LogP) is 1.89. The van der Waals surface area contributed by atoms with E-state index in [0.29, 0.717) is 37.8 Å². The van der Waals surface area contributed by atoms with E-state index in [1.807, 2.05) is 38.1 Å². The maximum absolute atomic E-state index is 12.3. The van der Waals surface area contributed by atoms with E-state index in [2.05, 4.69) is 20.8 Å². The minimum absolute atomic E-state index is 0.124. The van der Waals surface area contributed by atoms with E-state index in [1.54, 1.807) is 0 Å². The standard InChI is InChI=1S/C24H34N4O4/c1-3-31-23(29)15-20-17-26(18-24(30)32-4-2)10-9-22(20)28-13-11-27(12-14-28)21-7-5-19(16-25)6-8-21/h5-8,20,22H,3-4,9-15,17-18H2,1-2H3/t20-,22+/m0/s1. The van der Waals surface area contributed by atoms with Crippen LogP contribution in [0.2, 0.25) is 0 Å². The zero-order chi connectivity index (χ0) is 22.9. The number of ether oxygens (including phenoxy) is 2. The van der Waals surface area contributed by atoms with Crippen molar-refractivity contribution in [2.45, 2.75) is 32.7 Å². The van der Waals surface area contributed by atoms with Gasteiger partial charge in [-0.3, -0.25) is 19.4 Å². The minimum atomic E-state index is -0.211. The van der Waals surface area contributed by atoms with E-state index in [0.717, 1.165) is 44.8 Å². The summed E-state index contributed by atoms with van der Waals surface area (Å²) in [5.74, 6) is -0.257. The van der Waals surface area contributed by atoms with Crippen LogP contribution in [0.3, 0.4) is 0 Å². The fourth-order valence-electron chi connectivity index (χ4n) is 4.80. The molecule has 0 spiro atoms. The van der Waals surface area contributed by atoms with Gasteiger partial charge >= 0.3 is 11.9 Å². The average molecular weight is 443 g/mol. The van der Waals surface area contributed by atoms with Gasteiger partial charge in [0.25, 0.3) is 0 Å². The molecule has 174 valence electrons. The minimum Gasteiger partial charge on any atom is -0.466 e. The number of piperidine rings is 1. The summed E-state index contributed by atoms with van der Waals surface area (Å²) >= 11 is 0. The Hall–Kier alpha value is -2.63. The quantitative estimate of drug-likeness (QED) is 0.564. The first-order chi connectivity index (χ1) is 15.5. The van der Waals surface area contributed by atoms with Crippen molar-refractivity contribution in [1.29, 1.82) is 5.26 Å². The highest BCUT2D eigenvalue weighted by molar-refractivity contribution is 5.72. The summed E-state index contributed by atoms with van der Waals surface area (Å²) in [5.41, 5.74) is 1.81. The second-order valence-electron chi connectivity index (χ2n) is 8.35. The number of likely N-dealkylation sites (tertiary alicyclic amines) is 1. The summed E-state index contributed by atoms with van der Waals surface area (Å²) in [7, 11) is 0. The fourth-order valence-corrected chi connectivity index (χ4v) is 4.80. The van der Waals surface area contributed by atoms with Gasteiger partial charge in [-0.05, 0) is 50.5 Å². The molecule has 2 aliphatic heterocycles. The smallest absolute Gasteiger partial charge is 0.320 e. The molecule has 0 radical (unpaired) electrons. The Balaban J connectivity index is 1.60. The SMILES string of the molecule is CCOC(=O)C[C@H]1CN(CC(=O)OCC)CC[C@H]1N1CCN(c2ccc(C#N)cc2)CC1. The highest BCUT2D eigenvalue weighted by Gasteiger charge is 2.36. The number of carbonyl (C=O) groups is 2. The van der Waals surface area contributed by atoms with Gasteiger partial charge in [0, 0.05) is 51.0 Å². The third kappa shape index (κ3) is 6.44. The lowest BCUT2D eigenvalue weighted by molar-refractivity contribution is -0.146. The number of rotatable bonds is 8. The van der Waals surface area contributed by atoms with Crippen molar-refractivity contribution < 1.29 is 19.1 Å². The molecule has 0 saturated carbocycles. The van der Waals surface area contributed by atoms with Crippen LogP contribution in [0, 0.1) is 17.2 Å². The zero-order valence-corrected chi connectivity index (χ0v) is 19.2. The van der Waals surface area contributed by atoms with Crippen LogP contribution in [0.1, 0.15) is 32.3 Å². The Kier molecular flexibility index (Phi) is 8.89. The Morgan fingerprint density at radius 2 is 1.66 bits per heavy atom. The molecule has 0 aromatic heterocycles.